The summed E-state index contributed by atoms with van der Waals surface area (Å²) >= 11 is 6.49. The van der Waals surface area contributed by atoms with Crippen molar-refractivity contribution in [2.75, 3.05) is 25.0 Å². The number of benzene rings is 1. The molecule has 0 bridgehead atoms. The molecule has 7 atom stereocenters. The zero-order chi connectivity index (χ0) is 41.7. The first-order chi connectivity index (χ1) is 26.4. The van der Waals surface area contributed by atoms with E-state index in [-0.39, 0.29) is 44.1 Å². The molecule has 4 aliphatic carbocycles. The van der Waals surface area contributed by atoms with Gasteiger partial charge in [0.1, 0.15) is 29.5 Å². The van der Waals surface area contributed by atoms with Crippen LogP contribution in [0.1, 0.15) is 72.3 Å². The molecule has 1 aromatic rings. The van der Waals surface area contributed by atoms with E-state index in [9.17, 15) is 45.2 Å². The van der Waals surface area contributed by atoms with Crippen LogP contribution < -0.4 is 15.4 Å². The highest BCUT2D eigenvalue weighted by Gasteiger charge is 2.66. The molecule has 6 aliphatic rings. The van der Waals surface area contributed by atoms with Crippen LogP contribution in [0.4, 0.5) is 28.0 Å². The van der Waals surface area contributed by atoms with Crippen LogP contribution in [0.5, 0.6) is 0 Å². The molecule has 2 saturated heterocycles. The molecular formula is C39H46ClF4N5O7S. The highest BCUT2D eigenvalue weighted by atomic mass is 35.5. The zero-order valence-corrected chi connectivity index (χ0v) is 33.7. The minimum atomic E-state index is -4.88. The standard InChI is InChI=1S/C39H46ClF4N5O7S/c1-35(2,3)30(45-24-14-22(39(42,43)44)13-23(41)15-24)32(51)49-18-25(56-34(53)48-19-27-28(40)7-6-10-36(27,4)20-48)16-29(49)31(50)46-38(17-26(38)21-8-9-21)33(52)47-57(54,55)37(5)11-12-37/h6-8,10,13-15,25-27,29-30,45H,9,11-12,16-20H2,1-5H3,(H,46,50)(H,47,52)/t25-,26+,27?,29+,30-,36?,38-/m1/s1. The number of carbonyl (C=O) groups is 4. The summed E-state index contributed by atoms with van der Waals surface area (Å²) in [6.45, 7) is 8.64. The normalized spacial score (nSPS) is 30.4. The van der Waals surface area contributed by atoms with E-state index in [2.05, 4.69) is 15.4 Å². The van der Waals surface area contributed by atoms with Gasteiger partial charge in [-0.25, -0.2) is 17.6 Å². The fourth-order valence-corrected chi connectivity index (χ4v) is 9.90. The number of ether oxygens (including phenoxy) is 1. The number of halogens is 5. The maximum atomic E-state index is 14.6. The lowest BCUT2D eigenvalue weighted by molar-refractivity contribution is -0.141. The van der Waals surface area contributed by atoms with Gasteiger partial charge in [0.15, 0.2) is 0 Å². The predicted octanol–water partition coefficient (Wildman–Crippen LogP) is 5.61. The van der Waals surface area contributed by atoms with E-state index in [1.165, 1.54) is 11.8 Å². The number of likely N-dealkylation sites (tertiary alicyclic amines) is 2. The van der Waals surface area contributed by atoms with E-state index in [1.807, 2.05) is 25.2 Å². The summed E-state index contributed by atoms with van der Waals surface area (Å²) < 4.78 is 88.6. The molecule has 1 aromatic carbocycles. The third kappa shape index (κ3) is 7.89. The lowest BCUT2D eigenvalue weighted by atomic mass is 9.77. The molecule has 12 nitrogen and oxygen atoms in total. The number of allylic oxidation sites excluding steroid dienone is 3. The van der Waals surface area contributed by atoms with Gasteiger partial charge in [-0.2, -0.15) is 13.2 Å². The van der Waals surface area contributed by atoms with Crippen molar-refractivity contribution in [2.45, 2.75) is 101 Å². The number of sulfonamides is 1. The Morgan fingerprint density at radius 3 is 2.32 bits per heavy atom. The fourth-order valence-electron chi connectivity index (χ4n) is 8.20. The van der Waals surface area contributed by atoms with E-state index >= 15 is 0 Å². The summed E-state index contributed by atoms with van der Waals surface area (Å²) in [7, 11) is -4.07. The van der Waals surface area contributed by atoms with Crippen LogP contribution in [0, 0.1) is 28.5 Å². The van der Waals surface area contributed by atoms with Gasteiger partial charge >= 0.3 is 12.3 Å². The molecule has 0 spiro atoms. The van der Waals surface area contributed by atoms with Crippen LogP contribution in [-0.2, 0) is 35.3 Å². The van der Waals surface area contributed by atoms with Crippen molar-refractivity contribution < 1.29 is 49.9 Å². The molecule has 310 valence electrons. The third-order valence-electron chi connectivity index (χ3n) is 12.2. The number of alkyl halides is 3. The number of amides is 4. The van der Waals surface area contributed by atoms with Crippen LogP contribution in [-0.4, -0.2) is 90.1 Å². The number of hydrogen-bond donors (Lipinski definition) is 3. The summed E-state index contributed by atoms with van der Waals surface area (Å²) in [4.78, 5) is 59.1. The van der Waals surface area contributed by atoms with Gasteiger partial charge in [-0.05, 0) is 62.3 Å². The van der Waals surface area contributed by atoms with Crippen molar-refractivity contribution in [1.82, 2.24) is 19.8 Å². The molecule has 18 heteroatoms. The second kappa shape index (κ2) is 13.7. The zero-order valence-electron chi connectivity index (χ0n) is 32.1. The van der Waals surface area contributed by atoms with Gasteiger partial charge in [-0.15, -0.1) is 0 Å². The number of nitrogens with one attached hydrogen (secondary N) is 3. The molecule has 57 heavy (non-hydrogen) atoms. The summed E-state index contributed by atoms with van der Waals surface area (Å²) in [5, 5.41) is 6.11. The van der Waals surface area contributed by atoms with E-state index in [4.69, 9.17) is 16.3 Å². The van der Waals surface area contributed by atoms with E-state index in [0.717, 1.165) is 16.5 Å². The number of carbonyl (C=O) groups excluding carboxylic acids is 4. The Kier molecular flexibility index (Phi) is 9.89. The predicted molar refractivity (Wildman–Crippen MR) is 201 cm³/mol. The lowest BCUT2D eigenvalue weighted by Gasteiger charge is -2.36. The molecule has 2 unspecified atom stereocenters. The van der Waals surface area contributed by atoms with Gasteiger partial charge < -0.3 is 25.2 Å². The molecule has 0 radical (unpaired) electrons. The summed E-state index contributed by atoms with van der Waals surface area (Å²) in [6.07, 6.45) is 2.04. The molecule has 0 aromatic heterocycles. The van der Waals surface area contributed by atoms with E-state index in [1.54, 1.807) is 26.8 Å². The van der Waals surface area contributed by atoms with Gasteiger partial charge in [0.25, 0.3) is 5.91 Å². The van der Waals surface area contributed by atoms with E-state index in [0.29, 0.717) is 36.4 Å². The van der Waals surface area contributed by atoms with Crippen molar-refractivity contribution in [1.29, 1.82) is 0 Å². The van der Waals surface area contributed by atoms with Crippen LogP contribution >= 0.6 is 11.6 Å². The number of fused-ring (bicyclic) bond motifs is 1. The number of anilines is 1. The highest BCUT2D eigenvalue weighted by Crippen LogP contribution is 2.54. The molecule has 3 N–H and O–H groups in total. The van der Waals surface area contributed by atoms with E-state index < -0.39 is 96.6 Å². The molecule has 2 aliphatic heterocycles. The van der Waals surface area contributed by atoms with Gasteiger partial charge in [0, 0.05) is 47.5 Å². The van der Waals surface area contributed by atoms with Crippen molar-refractivity contribution >= 4 is 51.1 Å². The maximum absolute atomic E-state index is 14.6. The van der Waals surface area contributed by atoms with Crippen molar-refractivity contribution in [3.05, 3.63) is 64.5 Å². The minimum Gasteiger partial charge on any atom is -0.444 e. The maximum Gasteiger partial charge on any atom is 0.416 e. The van der Waals surface area contributed by atoms with Crippen LogP contribution in [0.25, 0.3) is 0 Å². The first kappa shape index (κ1) is 41.1. The first-order valence-corrected chi connectivity index (χ1v) is 20.7. The first-order valence-electron chi connectivity index (χ1n) is 18.9. The van der Waals surface area contributed by atoms with Gasteiger partial charge in [-0.1, -0.05) is 63.1 Å². The minimum absolute atomic E-state index is 0.120. The Labute approximate surface area is 333 Å². The Balaban J connectivity index is 1.16. The van der Waals surface area contributed by atoms with Crippen LogP contribution in [0.2, 0.25) is 0 Å². The number of nitrogens with zero attached hydrogens (tertiary/aromatic N) is 2. The van der Waals surface area contributed by atoms with Crippen LogP contribution in [0.15, 0.2) is 53.1 Å². The average Bonchev–Trinajstić information content (AvgIpc) is 4.04. The van der Waals surface area contributed by atoms with Crippen LogP contribution in [0.3, 0.4) is 0 Å². The third-order valence-corrected chi connectivity index (χ3v) is 14.8. The highest BCUT2D eigenvalue weighted by molar-refractivity contribution is 7.91. The fraction of sp³-hybridized carbons (Fsp3) is 0.590. The SMILES string of the molecule is CC12C=CC=C(Cl)C1CN(C(=O)O[C@@H]1C[C@@H](C(=O)N[C@]3(C(=O)NS(=O)(=O)C4(C)CC4)C[C@H]3C3=CC3)N(C(=O)[C@@H](Nc3cc(F)cc(C(F)(F)F)c3)C(C)(C)C)C1)C2. The molecule has 2 saturated carbocycles. The Morgan fingerprint density at radius 2 is 1.72 bits per heavy atom. The van der Waals surface area contributed by atoms with Crippen molar-refractivity contribution in [3.8, 4) is 0 Å². The summed E-state index contributed by atoms with van der Waals surface area (Å²) in [5.41, 5.74) is -3.83. The molecule has 2 heterocycles. The van der Waals surface area contributed by atoms with Crippen molar-refractivity contribution in [2.24, 2.45) is 22.7 Å². The Bertz CT molecular complexity index is 2120. The number of rotatable bonds is 10. The molecular weight excluding hydrogens is 794 g/mol. The summed E-state index contributed by atoms with van der Waals surface area (Å²) in [6, 6.07) is -0.865. The van der Waals surface area contributed by atoms with Gasteiger partial charge in [0.2, 0.25) is 21.8 Å². The monoisotopic (exact) mass is 839 g/mol. The summed E-state index contributed by atoms with van der Waals surface area (Å²) in [5.74, 6) is -4.30. The van der Waals surface area contributed by atoms with Crippen molar-refractivity contribution in [3.63, 3.8) is 0 Å². The topological polar surface area (TPSA) is 154 Å². The Morgan fingerprint density at radius 1 is 1.04 bits per heavy atom. The lowest BCUT2D eigenvalue weighted by Crippen LogP contribution is -2.59. The smallest absolute Gasteiger partial charge is 0.416 e. The average molecular weight is 840 g/mol. The number of hydrogen-bond acceptors (Lipinski definition) is 8. The molecule has 4 amide bonds. The molecule has 7 rings (SSSR count). The van der Waals surface area contributed by atoms with Gasteiger partial charge in [0.05, 0.1) is 16.9 Å². The van der Waals surface area contributed by atoms with Gasteiger partial charge in [-0.3, -0.25) is 19.1 Å². The second-order valence-electron chi connectivity index (χ2n) is 17.9. The quantitative estimate of drug-likeness (QED) is 0.203. The Hall–Kier alpha value is -4.12. The molecule has 4 fully saturated rings. The largest absolute Gasteiger partial charge is 0.444 e. The second-order valence-corrected chi connectivity index (χ2v) is 20.5.